The molecule has 1 aromatic heterocycles. The predicted octanol–water partition coefficient (Wildman–Crippen LogP) is 3.56. The first kappa shape index (κ1) is 12.9. The Kier molecular flexibility index (Phi) is 3.52. The van der Waals surface area contributed by atoms with Crippen molar-refractivity contribution >= 4 is 11.0 Å². The highest BCUT2D eigenvalue weighted by Crippen LogP contribution is 2.27. The molecule has 1 unspecified atom stereocenters. The number of H-pyrrole nitrogens is 1. The zero-order valence-corrected chi connectivity index (χ0v) is 11.6. The molecule has 0 bridgehead atoms. The molecule has 0 radical (unpaired) electrons. The predicted molar refractivity (Wildman–Crippen MR) is 82.6 cm³/mol. The van der Waals surface area contributed by atoms with Crippen molar-refractivity contribution in [3.63, 3.8) is 0 Å². The Morgan fingerprint density at radius 3 is 2.65 bits per heavy atom. The van der Waals surface area contributed by atoms with Crippen molar-refractivity contribution < 1.29 is 0 Å². The molecule has 0 fully saturated rings. The number of benzene rings is 2. The maximum absolute atomic E-state index is 5.69. The van der Waals surface area contributed by atoms with Crippen LogP contribution in [0.1, 0.15) is 36.2 Å². The van der Waals surface area contributed by atoms with E-state index in [1.807, 2.05) is 18.2 Å². The Labute approximate surface area is 118 Å². The summed E-state index contributed by atoms with van der Waals surface area (Å²) in [6.07, 6.45) is 1.02. The average Bonchev–Trinajstić information content (AvgIpc) is 2.91. The Morgan fingerprint density at radius 2 is 1.95 bits per heavy atom. The van der Waals surface area contributed by atoms with Crippen LogP contribution in [0, 0.1) is 0 Å². The summed E-state index contributed by atoms with van der Waals surface area (Å²) < 4.78 is 0. The molecule has 1 heterocycles. The fourth-order valence-electron chi connectivity index (χ4n) is 2.64. The van der Waals surface area contributed by atoms with Crippen LogP contribution >= 0.6 is 0 Å². The van der Waals surface area contributed by atoms with Gasteiger partial charge in [0.05, 0.1) is 11.0 Å². The number of hydrogen-bond donors (Lipinski definition) is 2. The zero-order chi connectivity index (χ0) is 13.9. The molecule has 2 aromatic carbocycles. The molecule has 0 aliphatic rings. The minimum Gasteiger partial charge on any atom is -0.341 e. The van der Waals surface area contributed by atoms with Gasteiger partial charge >= 0.3 is 0 Å². The molecule has 3 rings (SSSR count). The van der Waals surface area contributed by atoms with E-state index in [2.05, 4.69) is 42.2 Å². The number of fused-ring (bicyclic) bond motifs is 1. The zero-order valence-electron chi connectivity index (χ0n) is 11.6. The van der Waals surface area contributed by atoms with E-state index >= 15 is 0 Å². The van der Waals surface area contributed by atoms with Crippen molar-refractivity contribution in [2.24, 2.45) is 5.73 Å². The highest BCUT2D eigenvalue weighted by molar-refractivity contribution is 5.76. The molecule has 3 aromatic rings. The summed E-state index contributed by atoms with van der Waals surface area (Å²) in [7, 11) is 0. The third-order valence-electron chi connectivity index (χ3n) is 3.74. The second-order valence-corrected chi connectivity index (χ2v) is 5.05. The highest BCUT2D eigenvalue weighted by Gasteiger charge is 2.15. The van der Waals surface area contributed by atoms with E-state index < -0.39 is 0 Å². The van der Waals surface area contributed by atoms with Crippen LogP contribution in [0.25, 0.3) is 11.0 Å². The fourth-order valence-corrected chi connectivity index (χ4v) is 2.64. The maximum atomic E-state index is 5.69. The maximum Gasteiger partial charge on any atom is 0.114 e. The van der Waals surface area contributed by atoms with E-state index in [-0.39, 0.29) is 0 Å². The van der Waals surface area contributed by atoms with Gasteiger partial charge in [0.15, 0.2) is 0 Å². The van der Waals surface area contributed by atoms with Crippen LogP contribution in [0.4, 0.5) is 0 Å². The molecule has 0 aliphatic heterocycles. The highest BCUT2D eigenvalue weighted by atomic mass is 14.9. The summed E-state index contributed by atoms with van der Waals surface area (Å²) in [6, 6.07) is 16.7. The Hall–Kier alpha value is -2.13. The van der Waals surface area contributed by atoms with Gasteiger partial charge in [0, 0.05) is 12.5 Å². The molecular formula is C17H19N3. The second kappa shape index (κ2) is 5.47. The van der Waals surface area contributed by atoms with Crippen LogP contribution in [-0.2, 0) is 6.54 Å². The minimum absolute atomic E-state index is 0.310. The summed E-state index contributed by atoms with van der Waals surface area (Å²) >= 11 is 0. The van der Waals surface area contributed by atoms with Crippen molar-refractivity contribution in [3.05, 3.63) is 65.5 Å². The molecular weight excluding hydrogens is 246 g/mol. The van der Waals surface area contributed by atoms with Crippen molar-refractivity contribution in [2.45, 2.75) is 25.8 Å². The number of hydrogen-bond acceptors (Lipinski definition) is 2. The summed E-state index contributed by atoms with van der Waals surface area (Å²) in [5.74, 6) is 1.34. The summed E-state index contributed by atoms with van der Waals surface area (Å²) in [5.41, 5.74) is 10.2. The van der Waals surface area contributed by atoms with Crippen LogP contribution in [0.5, 0.6) is 0 Å². The normalized spacial score (nSPS) is 12.7. The molecule has 0 saturated carbocycles. The number of aromatic nitrogens is 2. The SMILES string of the molecule is CCC(c1ccccc1)c1nc2ccc(CN)cc2[nH]1. The van der Waals surface area contributed by atoms with Crippen LogP contribution < -0.4 is 5.73 Å². The van der Waals surface area contributed by atoms with Crippen molar-refractivity contribution in [1.29, 1.82) is 0 Å². The molecule has 20 heavy (non-hydrogen) atoms. The fraction of sp³-hybridized carbons (Fsp3) is 0.235. The number of aromatic amines is 1. The molecule has 1 atom stereocenters. The average molecular weight is 265 g/mol. The summed E-state index contributed by atoms with van der Waals surface area (Å²) in [4.78, 5) is 8.19. The third-order valence-corrected chi connectivity index (χ3v) is 3.74. The van der Waals surface area contributed by atoms with Crippen molar-refractivity contribution in [1.82, 2.24) is 9.97 Å². The number of rotatable bonds is 4. The van der Waals surface area contributed by atoms with E-state index in [1.54, 1.807) is 0 Å². The first-order chi connectivity index (χ1) is 9.81. The van der Waals surface area contributed by atoms with Crippen molar-refractivity contribution in [2.75, 3.05) is 0 Å². The lowest BCUT2D eigenvalue weighted by atomic mass is 9.96. The van der Waals surface area contributed by atoms with Gasteiger partial charge in [-0.05, 0) is 29.7 Å². The Balaban J connectivity index is 2.04. The second-order valence-electron chi connectivity index (χ2n) is 5.05. The molecule has 3 N–H and O–H groups in total. The van der Waals surface area contributed by atoms with Gasteiger partial charge in [-0.2, -0.15) is 0 Å². The van der Waals surface area contributed by atoms with Crippen LogP contribution in [0.3, 0.4) is 0 Å². The van der Waals surface area contributed by atoms with Crippen molar-refractivity contribution in [3.8, 4) is 0 Å². The molecule has 3 nitrogen and oxygen atoms in total. The summed E-state index contributed by atoms with van der Waals surface area (Å²) in [5, 5.41) is 0. The standard InChI is InChI=1S/C17H19N3/c1-2-14(13-6-4-3-5-7-13)17-19-15-9-8-12(11-18)10-16(15)20-17/h3-10,14H,2,11,18H2,1H3,(H,19,20). The van der Waals surface area contributed by atoms with E-state index in [1.165, 1.54) is 5.56 Å². The number of nitrogens with two attached hydrogens (primary N) is 1. The van der Waals surface area contributed by atoms with Crippen LogP contribution in [0.2, 0.25) is 0 Å². The lowest BCUT2D eigenvalue weighted by Gasteiger charge is -2.12. The van der Waals surface area contributed by atoms with Gasteiger partial charge in [-0.15, -0.1) is 0 Å². The Morgan fingerprint density at radius 1 is 1.15 bits per heavy atom. The van der Waals surface area contributed by atoms with E-state index in [9.17, 15) is 0 Å². The number of imidazole rings is 1. The molecule has 0 spiro atoms. The number of nitrogens with zero attached hydrogens (tertiary/aromatic N) is 1. The molecule has 102 valence electrons. The van der Waals surface area contributed by atoms with E-state index in [0.717, 1.165) is 28.8 Å². The van der Waals surface area contributed by atoms with Gasteiger partial charge in [-0.1, -0.05) is 43.3 Å². The van der Waals surface area contributed by atoms with E-state index in [0.29, 0.717) is 12.5 Å². The lowest BCUT2D eigenvalue weighted by molar-refractivity contribution is 0.732. The van der Waals surface area contributed by atoms with Crippen LogP contribution in [0.15, 0.2) is 48.5 Å². The quantitative estimate of drug-likeness (QED) is 0.757. The van der Waals surface area contributed by atoms with Gasteiger partial charge in [-0.3, -0.25) is 0 Å². The van der Waals surface area contributed by atoms with Gasteiger partial charge in [0.25, 0.3) is 0 Å². The third kappa shape index (κ3) is 2.32. The lowest BCUT2D eigenvalue weighted by Crippen LogP contribution is -2.01. The molecule has 3 heteroatoms. The topological polar surface area (TPSA) is 54.7 Å². The van der Waals surface area contributed by atoms with Gasteiger partial charge in [0.2, 0.25) is 0 Å². The van der Waals surface area contributed by atoms with E-state index in [4.69, 9.17) is 10.7 Å². The van der Waals surface area contributed by atoms with Crippen LogP contribution in [-0.4, -0.2) is 9.97 Å². The first-order valence-electron chi connectivity index (χ1n) is 7.05. The minimum atomic E-state index is 0.310. The number of nitrogens with one attached hydrogen (secondary N) is 1. The smallest absolute Gasteiger partial charge is 0.114 e. The largest absolute Gasteiger partial charge is 0.341 e. The van der Waals surface area contributed by atoms with Gasteiger partial charge < -0.3 is 10.7 Å². The first-order valence-corrected chi connectivity index (χ1v) is 7.05. The molecule has 0 amide bonds. The van der Waals surface area contributed by atoms with Gasteiger partial charge in [0.1, 0.15) is 5.82 Å². The van der Waals surface area contributed by atoms with Gasteiger partial charge in [-0.25, -0.2) is 4.98 Å². The summed E-state index contributed by atoms with van der Waals surface area (Å²) in [6.45, 7) is 2.75. The molecule has 0 saturated heterocycles. The molecule has 0 aliphatic carbocycles. The Bertz CT molecular complexity index is 701. The monoisotopic (exact) mass is 265 g/mol.